The van der Waals surface area contributed by atoms with Gasteiger partial charge in [-0.1, -0.05) is 0 Å². The minimum absolute atomic E-state index is 0.426. The first kappa shape index (κ1) is 12.8. The predicted molar refractivity (Wildman–Crippen MR) is 69.1 cm³/mol. The molecule has 5 nitrogen and oxygen atoms in total. The summed E-state index contributed by atoms with van der Waals surface area (Å²) < 4.78 is 7.67. The normalized spacial score (nSPS) is 11.4. The highest BCUT2D eigenvalue weighted by atomic mass is 16.4. The summed E-state index contributed by atoms with van der Waals surface area (Å²) in [6.45, 7) is 9.57. The van der Waals surface area contributed by atoms with Gasteiger partial charge >= 0.3 is 0 Å². The fourth-order valence-electron chi connectivity index (χ4n) is 1.85. The maximum absolute atomic E-state index is 5.52. The number of imidazole rings is 1. The lowest BCUT2D eigenvalue weighted by Crippen LogP contribution is -2.16. The average molecular weight is 248 g/mol. The van der Waals surface area contributed by atoms with E-state index in [2.05, 4.69) is 33.7 Å². The molecule has 0 saturated heterocycles. The van der Waals surface area contributed by atoms with Gasteiger partial charge in [0.2, 0.25) is 5.89 Å². The quantitative estimate of drug-likeness (QED) is 0.882. The molecule has 0 radical (unpaired) electrons. The maximum Gasteiger partial charge on any atom is 0.208 e. The Morgan fingerprint density at radius 3 is 2.72 bits per heavy atom. The van der Waals surface area contributed by atoms with Gasteiger partial charge in [-0.05, 0) is 27.7 Å². The van der Waals surface area contributed by atoms with Crippen LogP contribution in [0.3, 0.4) is 0 Å². The highest BCUT2D eigenvalue weighted by Gasteiger charge is 2.07. The van der Waals surface area contributed by atoms with Crippen molar-refractivity contribution in [1.82, 2.24) is 19.9 Å². The van der Waals surface area contributed by atoms with Gasteiger partial charge in [0.05, 0.1) is 24.3 Å². The molecule has 0 amide bonds. The summed E-state index contributed by atoms with van der Waals surface area (Å²) in [7, 11) is 0. The van der Waals surface area contributed by atoms with Gasteiger partial charge in [0, 0.05) is 18.8 Å². The first-order chi connectivity index (χ1) is 8.58. The number of rotatable bonds is 5. The zero-order chi connectivity index (χ0) is 13.1. The van der Waals surface area contributed by atoms with E-state index in [1.54, 1.807) is 0 Å². The van der Waals surface area contributed by atoms with Crippen molar-refractivity contribution in [2.24, 2.45) is 0 Å². The zero-order valence-corrected chi connectivity index (χ0v) is 11.4. The van der Waals surface area contributed by atoms with Crippen LogP contribution in [0.5, 0.6) is 0 Å². The molecule has 0 bridgehead atoms. The third kappa shape index (κ3) is 2.79. The molecule has 0 aliphatic heterocycles. The van der Waals surface area contributed by atoms with Crippen molar-refractivity contribution in [3.05, 3.63) is 35.6 Å². The molecule has 0 fully saturated rings. The lowest BCUT2D eigenvalue weighted by Gasteiger charge is -2.11. The van der Waals surface area contributed by atoms with E-state index in [0.29, 0.717) is 12.6 Å². The molecule has 0 unspecified atom stereocenters. The fourth-order valence-corrected chi connectivity index (χ4v) is 1.85. The first-order valence-corrected chi connectivity index (χ1v) is 6.22. The van der Waals surface area contributed by atoms with Crippen LogP contribution in [0, 0.1) is 13.8 Å². The Morgan fingerprint density at radius 2 is 2.11 bits per heavy atom. The minimum Gasteiger partial charge on any atom is -0.444 e. The summed E-state index contributed by atoms with van der Waals surface area (Å²) in [5.41, 5.74) is 2.13. The van der Waals surface area contributed by atoms with E-state index < -0.39 is 0 Å². The molecule has 0 aromatic carbocycles. The third-order valence-corrected chi connectivity index (χ3v) is 2.96. The first-order valence-electron chi connectivity index (χ1n) is 6.22. The van der Waals surface area contributed by atoms with Crippen LogP contribution in [0.25, 0.3) is 0 Å². The SMILES string of the molecule is Cc1nc(CNCc2cncn2C(C)C)oc1C. The summed E-state index contributed by atoms with van der Waals surface area (Å²) in [6.07, 6.45) is 3.75. The summed E-state index contributed by atoms with van der Waals surface area (Å²) in [6, 6.07) is 0.426. The van der Waals surface area contributed by atoms with Crippen molar-refractivity contribution in [3.8, 4) is 0 Å². The Hall–Kier alpha value is -1.62. The van der Waals surface area contributed by atoms with Gasteiger partial charge in [-0.3, -0.25) is 0 Å². The number of hydrogen-bond donors (Lipinski definition) is 1. The second-order valence-electron chi connectivity index (χ2n) is 4.74. The number of hydrogen-bond acceptors (Lipinski definition) is 4. The second kappa shape index (κ2) is 5.35. The lowest BCUT2D eigenvalue weighted by atomic mass is 10.3. The van der Waals surface area contributed by atoms with E-state index in [1.807, 2.05) is 26.4 Å². The Labute approximate surface area is 107 Å². The van der Waals surface area contributed by atoms with Crippen molar-refractivity contribution in [3.63, 3.8) is 0 Å². The molecule has 1 N–H and O–H groups in total. The van der Waals surface area contributed by atoms with Gasteiger partial charge in [-0.25, -0.2) is 9.97 Å². The highest BCUT2D eigenvalue weighted by molar-refractivity contribution is 5.05. The molecule has 2 aromatic heterocycles. The van der Waals surface area contributed by atoms with Gasteiger partial charge in [0.1, 0.15) is 5.76 Å². The molecule has 98 valence electrons. The number of nitrogens with one attached hydrogen (secondary N) is 1. The highest BCUT2D eigenvalue weighted by Crippen LogP contribution is 2.10. The molecule has 2 heterocycles. The molecular weight excluding hydrogens is 228 g/mol. The summed E-state index contributed by atoms with van der Waals surface area (Å²) in [5.74, 6) is 1.62. The van der Waals surface area contributed by atoms with Gasteiger partial charge < -0.3 is 14.3 Å². The van der Waals surface area contributed by atoms with Crippen LogP contribution in [-0.2, 0) is 13.1 Å². The Kier molecular flexibility index (Phi) is 3.81. The van der Waals surface area contributed by atoms with Gasteiger partial charge in [0.25, 0.3) is 0 Å². The number of oxazole rings is 1. The maximum atomic E-state index is 5.52. The molecule has 0 spiro atoms. The predicted octanol–water partition coefficient (Wildman–Crippen LogP) is 2.36. The molecule has 0 saturated carbocycles. The van der Waals surface area contributed by atoms with Crippen LogP contribution < -0.4 is 5.32 Å². The van der Waals surface area contributed by atoms with Crippen LogP contribution in [0.1, 0.15) is 42.9 Å². The van der Waals surface area contributed by atoms with E-state index in [-0.39, 0.29) is 0 Å². The lowest BCUT2D eigenvalue weighted by molar-refractivity contribution is 0.444. The van der Waals surface area contributed by atoms with E-state index >= 15 is 0 Å². The Morgan fingerprint density at radius 1 is 1.33 bits per heavy atom. The van der Waals surface area contributed by atoms with Crippen molar-refractivity contribution >= 4 is 0 Å². The smallest absolute Gasteiger partial charge is 0.208 e. The minimum atomic E-state index is 0.426. The van der Waals surface area contributed by atoms with Crippen molar-refractivity contribution < 1.29 is 4.42 Å². The molecule has 18 heavy (non-hydrogen) atoms. The average Bonchev–Trinajstić information content (AvgIpc) is 2.87. The Bertz CT molecular complexity index is 493. The van der Waals surface area contributed by atoms with Crippen molar-refractivity contribution in [2.45, 2.75) is 46.8 Å². The van der Waals surface area contributed by atoms with Gasteiger partial charge in [-0.15, -0.1) is 0 Å². The second-order valence-corrected chi connectivity index (χ2v) is 4.74. The molecular formula is C13H20N4O. The number of aryl methyl sites for hydroxylation is 2. The molecule has 2 rings (SSSR count). The van der Waals surface area contributed by atoms with Crippen LogP contribution in [0.15, 0.2) is 16.9 Å². The van der Waals surface area contributed by atoms with Gasteiger partial charge in [-0.2, -0.15) is 0 Å². The third-order valence-electron chi connectivity index (χ3n) is 2.96. The molecule has 5 heteroatoms. The van der Waals surface area contributed by atoms with E-state index in [0.717, 1.165) is 23.9 Å². The Balaban J connectivity index is 1.90. The van der Waals surface area contributed by atoms with Crippen LogP contribution in [-0.4, -0.2) is 14.5 Å². The summed E-state index contributed by atoms with van der Waals surface area (Å²) in [5, 5.41) is 3.32. The zero-order valence-electron chi connectivity index (χ0n) is 11.4. The standard InChI is InChI=1S/C13H20N4O/c1-9(2)17-8-15-6-12(17)5-14-7-13-16-10(3)11(4)18-13/h6,8-9,14H,5,7H2,1-4H3. The van der Waals surface area contributed by atoms with E-state index in [9.17, 15) is 0 Å². The molecule has 0 aliphatic carbocycles. The molecule has 0 atom stereocenters. The number of nitrogens with zero attached hydrogens (tertiary/aromatic N) is 3. The van der Waals surface area contributed by atoms with E-state index in [1.165, 1.54) is 5.69 Å². The van der Waals surface area contributed by atoms with E-state index in [4.69, 9.17) is 4.42 Å². The van der Waals surface area contributed by atoms with Crippen LogP contribution in [0.4, 0.5) is 0 Å². The fraction of sp³-hybridized carbons (Fsp3) is 0.538. The van der Waals surface area contributed by atoms with Crippen molar-refractivity contribution in [2.75, 3.05) is 0 Å². The van der Waals surface area contributed by atoms with Gasteiger partial charge in [0.15, 0.2) is 0 Å². The van der Waals surface area contributed by atoms with Crippen molar-refractivity contribution in [1.29, 1.82) is 0 Å². The summed E-state index contributed by atoms with van der Waals surface area (Å²) in [4.78, 5) is 8.51. The topological polar surface area (TPSA) is 55.9 Å². The monoisotopic (exact) mass is 248 g/mol. The molecule has 2 aromatic rings. The number of aromatic nitrogens is 3. The summed E-state index contributed by atoms with van der Waals surface area (Å²) >= 11 is 0. The largest absolute Gasteiger partial charge is 0.444 e. The molecule has 0 aliphatic rings. The van der Waals surface area contributed by atoms with Crippen LogP contribution >= 0.6 is 0 Å². The van der Waals surface area contributed by atoms with Crippen LogP contribution in [0.2, 0.25) is 0 Å².